The highest BCUT2D eigenvalue weighted by Crippen LogP contribution is 2.51. The van der Waals surface area contributed by atoms with Gasteiger partial charge >= 0.3 is 5.97 Å². The quantitative estimate of drug-likeness (QED) is 0.796. The number of carbonyl (C=O) groups is 1. The highest BCUT2D eigenvalue weighted by molar-refractivity contribution is 5.69. The van der Waals surface area contributed by atoms with E-state index in [1.807, 2.05) is 13.8 Å². The van der Waals surface area contributed by atoms with Gasteiger partial charge in [-0.05, 0) is 56.3 Å². The number of rotatable bonds is 2. The molecule has 0 amide bonds. The fourth-order valence-electron chi connectivity index (χ4n) is 4.32. The molecule has 3 nitrogen and oxygen atoms in total. The van der Waals surface area contributed by atoms with Gasteiger partial charge in [-0.25, -0.2) is 0 Å². The lowest BCUT2D eigenvalue weighted by atomic mass is 9.56. The topological polar surface area (TPSA) is 57.5 Å². The van der Waals surface area contributed by atoms with E-state index in [1.165, 1.54) is 0 Å². The maximum atomic E-state index is 11.3. The van der Waals surface area contributed by atoms with Gasteiger partial charge in [-0.3, -0.25) is 4.79 Å². The molecule has 0 aromatic heterocycles. The molecular weight excluding hydrogens is 228 g/mol. The molecule has 0 aliphatic heterocycles. The van der Waals surface area contributed by atoms with Gasteiger partial charge in [0.15, 0.2) is 0 Å². The maximum Gasteiger partial charge on any atom is 0.306 e. The first kappa shape index (κ1) is 13.9. The van der Waals surface area contributed by atoms with Gasteiger partial charge in [-0.1, -0.05) is 20.3 Å². The van der Waals surface area contributed by atoms with Crippen LogP contribution in [-0.2, 0) is 4.79 Å². The van der Waals surface area contributed by atoms with Crippen LogP contribution in [0.25, 0.3) is 0 Å². The van der Waals surface area contributed by atoms with E-state index >= 15 is 0 Å². The number of aliphatic carboxylic acids is 1. The van der Waals surface area contributed by atoms with E-state index in [2.05, 4.69) is 6.92 Å². The summed E-state index contributed by atoms with van der Waals surface area (Å²) >= 11 is 0. The SMILES string of the molecule is C[C@@H]1CC[C@@H]([C@@H](C)C(=O)O)[C@H]2C[C@@](C)(O)CC[C@H]21. The lowest BCUT2D eigenvalue weighted by molar-refractivity contribution is -0.147. The zero-order valence-electron chi connectivity index (χ0n) is 11.7. The molecule has 2 aliphatic carbocycles. The van der Waals surface area contributed by atoms with Crippen molar-refractivity contribution >= 4 is 5.97 Å². The molecule has 0 bridgehead atoms. The minimum absolute atomic E-state index is 0.246. The van der Waals surface area contributed by atoms with Crippen molar-refractivity contribution in [1.29, 1.82) is 0 Å². The van der Waals surface area contributed by atoms with Crippen molar-refractivity contribution in [2.24, 2.45) is 29.6 Å². The van der Waals surface area contributed by atoms with E-state index in [0.717, 1.165) is 32.1 Å². The number of aliphatic hydroxyl groups is 1. The molecule has 2 saturated carbocycles. The summed E-state index contributed by atoms with van der Waals surface area (Å²) in [6, 6.07) is 0. The third-order valence-electron chi connectivity index (χ3n) is 5.51. The molecule has 0 heterocycles. The predicted octanol–water partition coefficient (Wildman–Crippen LogP) is 2.92. The molecule has 0 saturated heterocycles. The average Bonchev–Trinajstić information content (AvgIpc) is 2.27. The maximum absolute atomic E-state index is 11.3. The Morgan fingerprint density at radius 3 is 2.56 bits per heavy atom. The van der Waals surface area contributed by atoms with Gasteiger partial charge in [-0.2, -0.15) is 0 Å². The van der Waals surface area contributed by atoms with Crippen molar-refractivity contribution in [2.45, 2.75) is 58.5 Å². The smallest absolute Gasteiger partial charge is 0.306 e. The first-order valence-electron chi connectivity index (χ1n) is 7.27. The lowest BCUT2D eigenvalue weighted by Crippen LogP contribution is -2.46. The van der Waals surface area contributed by atoms with E-state index in [4.69, 9.17) is 0 Å². The van der Waals surface area contributed by atoms with Gasteiger partial charge in [0.25, 0.3) is 0 Å². The molecule has 2 aliphatic rings. The molecule has 3 heteroatoms. The van der Waals surface area contributed by atoms with Crippen molar-refractivity contribution in [3.8, 4) is 0 Å². The van der Waals surface area contributed by atoms with Gasteiger partial charge in [-0.15, -0.1) is 0 Å². The van der Waals surface area contributed by atoms with Crippen LogP contribution in [0, 0.1) is 29.6 Å². The normalized spacial score (nSPS) is 46.2. The second kappa shape index (κ2) is 4.84. The van der Waals surface area contributed by atoms with Crippen LogP contribution in [0.3, 0.4) is 0 Å². The van der Waals surface area contributed by atoms with Gasteiger partial charge in [0.2, 0.25) is 0 Å². The molecule has 18 heavy (non-hydrogen) atoms. The molecule has 2 fully saturated rings. The number of carboxylic acids is 1. The molecule has 6 atom stereocenters. The van der Waals surface area contributed by atoms with Gasteiger partial charge in [0, 0.05) is 0 Å². The molecule has 0 aromatic carbocycles. The van der Waals surface area contributed by atoms with Gasteiger partial charge in [0.05, 0.1) is 11.5 Å². The summed E-state index contributed by atoms with van der Waals surface area (Å²) in [5, 5.41) is 19.5. The standard InChI is InChI=1S/C15H26O3/c1-9-4-5-12(10(2)14(16)17)13-8-15(3,18)7-6-11(9)13/h9-13,18H,4-8H2,1-3H3,(H,16,17)/t9-,10-,11+,12+,13+,15+/m1/s1. The molecule has 0 radical (unpaired) electrons. The highest BCUT2D eigenvalue weighted by Gasteiger charge is 2.47. The first-order chi connectivity index (χ1) is 8.32. The molecule has 2 N–H and O–H groups in total. The van der Waals surface area contributed by atoms with Crippen LogP contribution >= 0.6 is 0 Å². The Kier molecular flexibility index (Phi) is 3.72. The van der Waals surface area contributed by atoms with Crippen molar-refractivity contribution in [3.63, 3.8) is 0 Å². The molecule has 0 aromatic rings. The molecule has 0 spiro atoms. The summed E-state index contributed by atoms with van der Waals surface area (Å²) in [4.78, 5) is 11.3. The first-order valence-corrected chi connectivity index (χ1v) is 7.27. The Morgan fingerprint density at radius 1 is 1.28 bits per heavy atom. The van der Waals surface area contributed by atoms with Crippen LogP contribution in [0.4, 0.5) is 0 Å². The minimum atomic E-state index is -0.682. The molecule has 0 unspecified atom stereocenters. The Morgan fingerprint density at radius 2 is 1.94 bits per heavy atom. The molecular formula is C15H26O3. The van der Waals surface area contributed by atoms with E-state index in [0.29, 0.717) is 17.8 Å². The average molecular weight is 254 g/mol. The molecule has 2 rings (SSSR count). The van der Waals surface area contributed by atoms with E-state index in [1.54, 1.807) is 0 Å². The number of carboxylic acid groups (broad SMARTS) is 1. The Balaban J connectivity index is 2.19. The minimum Gasteiger partial charge on any atom is -0.481 e. The predicted molar refractivity (Wildman–Crippen MR) is 70.1 cm³/mol. The summed E-state index contributed by atoms with van der Waals surface area (Å²) in [6.45, 7) is 6.04. The summed E-state index contributed by atoms with van der Waals surface area (Å²) in [5.74, 6) is 0.977. The Labute approximate surface area is 110 Å². The Hall–Kier alpha value is -0.570. The second-order valence-electron chi connectivity index (χ2n) is 6.91. The third kappa shape index (κ3) is 2.56. The lowest BCUT2D eigenvalue weighted by Gasteiger charge is -2.50. The zero-order valence-corrected chi connectivity index (χ0v) is 11.7. The van der Waals surface area contributed by atoms with Crippen LogP contribution in [0.15, 0.2) is 0 Å². The van der Waals surface area contributed by atoms with Crippen molar-refractivity contribution in [2.75, 3.05) is 0 Å². The fraction of sp³-hybridized carbons (Fsp3) is 0.933. The van der Waals surface area contributed by atoms with Crippen molar-refractivity contribution < 1.29 is 15.0 Å². The van der Waals surface area contributed by atoms with Crippen molar-refractivity contribution in [3.05, 3.63) is 0 Å². The molecule has 104 valence electrons. The van der Waals surface area contributed by atoms with Gasteiger partial charge in [0.1, 0.15) is 0 Å². The Bertz CT molecular complexity index is 324. The zero-order chi connectivity index (χ0) is 13.5. The fourth-order valence-corrected chi connectivity index (χ4v) is 4.32. The van der Waals surface area contributed by atoms with E-state index in [9.17, 15) is 15.0 Å². The largest absolute Gasteiger partial charge is 0.481 e. The van der Waals surface area contributed by atoms with E-state index < -0.39 is 11.6 Å². The third-order valence-corrected chi connectivity index (χ3v) is 5.51. The van der Waals surface area contributed by atoms with E-state index in [-0.39, 0.29) is 11.8 Å². The monoisotopic (exact) mass is 254 g/mol. The summed E-state index contributed by atoms with van der Waals surface area (Å²) in [7, 11) is 0. The number of hydrogen-bond acceptors (Lipinski definition) is 2. The second-order valence-corrected chi connectivity index (χ2v) is 6.91. The van der Waals surface area contributed by atoms with Crippen LogP contribution in [-0.4, -0.2) is 21.8 Å². The van der Waals surface area contributed by atoms with Crippen LogP contribution in [0.2, 0.25) is 0 Å². The number of fused-ring (bicyclic) bond motifs is 1. The summed E-state index contributed by atoms with van der Waals surface area (Å²) in [5.41, 5.74) is -0.589. The summed E-state index contributed by atoms with van der Waals surface area (Å²) < 4.78 is 0. The van der Waals surface area contributed by atoms with Crippen LogP contribution < -0.4 is 0 Å². The highest BCUT2D eigenvalue weighted by atomic mass is 16.4. The van der Waals surface area contributed by atoms with Crippen LogP contribution in [0.1, 0.15) is 52.9 Å². The van der Waals surface area contributed by atoms with Crippen LogP contribution in [0.5, 0.6) is 0 Å². The number of hydrogen-bond donors (Lipinski definition) is 2. The van der Waals surface area contributed by atoms with Gasteiger partial charge < -0.3 is 10.2 Å². The summed E-state index contributed by atoms with van der Waals surface area (Å²) in [6.07, 6.45) is 4.86. The van der Waals surface area contributed by atoms with Crippen molar-refractivity contribution in [1.82, 2.24) is 0 Å².